The number of nitrogens with one attached hydrogen (secondary N) is 1. The maximum Gasteiger partial charge on any atom is 0.274 e. The van der Waals surface area contributed by atoms with Crippen LogP contribution < -0.4 is 5.32 Å². The van der Waals surface area contributed by atoms with Crippen LogP contribution in [0.4, 0.5) is 0 Å². The molecule has 3 aromatic rings. The van der Waals surface area contributed by atoms with Crippen LogP contribution in [0, 0.1) is 0 Å². The summed E-state index contributed by atoms with van der Waals surface area (Å²) in [5.41, 5.74) is 2.30. The number of oxazole rings is 1. The summed E-state index contributed by atoms with van der Waals surface area (Å²) in [4.78, 5) is 24.2. The SMILES string of the molecule is COC(c1ccccc1)c1nc2c(o1)CCN(C(=O)c1cn3c(n1)CCNCC3)C2. The van der Waals surface area contributed by atoms with Gasteiger partial charge in [0.25, 0.3) is 5.91 Å². The summed E-state index contributed by atoms with van der Waals surface area (Å²) in [6.07, 6.45) is 2.99. The molecule has 0 saturated carbocycles. The van der Waals surface area contributed by atoms with E-state index in [0.29, 0.717) is 31.1 Å². The standard InChI is InChI=1S/C22H25N5O3/c1-29-20(15-5-3-2-4-6-15)21-25-16-13-27(11-8-18(16)30-21)22(28)17-14-26-12-10-23-9-7-19(26)24-17/h2-6,14,20,23H,7-13H2,1H3. The Hall–Kier alpha value is -2.97. The van der Waals surface area contributed by atoms with Crippen molar-refractivity contribution in [3.8, 4) is 0 Å². The van der Waals surface area contributed by atoms with Gasteiger partial charge in [0.1, 0.15) is 23.0 Å². The zero-order valence-corrected chi connectivity index (χ0v) is 17.0. The van der Waals surface area contributed by atoms with Crippen molar-refractivity contribution < 1.29 is 13.9 Å². The highest BCUT2D eigenvalue weighted by Crippen LogP contribution is 2.29. The summed E-state index contributed by atoms with van der Waals surface area (Å²) < 4.78 is 13.8. The van der Waals surface area contributed by atoms with Crippen molar-refractivity contribution in [1.82, 2.24) is 24.8 Å². The Bertz CT molecular complexity index is 1020. The number of aromatic nitrogens is 3. The summed E-state index contributed by atoms with van der Waals surface area (Å²) >= 11 is 0. The number of ether oxygens (including phenoxy) is 1. The second-order valence-electron chi connectivity index (χ2n) is 7.66. The molecule has 8 nitrogen and oxygen atoms in total. The van der Waals surface area contributed by atoms with Gasteiger partial charge in [-0.3, -0.25) is 4.79 Å². The van der Waals surface area contributed by atoms with E-state index < -0.39 is 0 Å². The number of nitrogens with zero attached hydrogens (tertiary/aromatic N) is 4. The molecule has 0 bridgehead atoms. The van der Waals surface area contributed by atoms with Crippen molar-refractivity contribution in [3.63, 3.8) is 0 Å². The number of hydrogen-bond donors (Lipinski definition) is 1. The maximum atomic E-state index is 13.1. The van der Waals surface area contributed by atoms with E-state index in [4.69, 9.17) is 9.15 Å². The molecule has 0 radical (unpaired) electrons. The van der Waals surface area contributed by atoms with Crippen LogP contribution in [-0.4, -0.2) is 52.1 Å². The van der Waals surface area contributed by atoms with Gasteiger partial charge in [-0.05, 0) is 5.56 Å². The fraction of sp³-hybridized carbons (Fsp3) is 0.409. The van der Waals surface area contributed by atoms with Gasteiger partial charge in [0.05, 0.1) is 6.54 Å². The quantitative estimate of drug-likeness (QED) is 0.712. The number of methoxy groups -OCH3 is 1. The highest BCUT2D eigenvalue weighted by molar-refractivity contribution is 5.92. The molecule has 1 atom stereocenters. The van der Waals surface area contributed by atoms with E-state index in [1.54, 1.807) is 12.0 Å². The van der Waals surface area contributed by atoms with Gasteiger partial charge in [0, 0.05) is 52.3 Å². The van der Waals surface area contributed by atoms with Crippen molar-refractivity contribution >= 4 is 5.91 Å². The van der Waals surface area contributed by atoms with Gasteiger partial charge < -0.3 is 23.9 Å². The molecule has 1 amide bonds. The fourth-order valence-corrected chi connectivity index (χ4v) is 4.15. The third kappa shape index (κ3) is 3.53. The first-order valence-corrected chi connectivity index (χ1v) is 10.3. The summed E-state index contributed by atoms with van der Waals surface area (Å²) in [6.45, 7) is 3.64. The Morgan fingerprint density at radius 1 is 1.17 bits per heavy atom. The second-order valence-corrected chi connectivity index (χ2v) is 7.66. The fourth-order valence-electron chi connectivity index (χ4n) is 4.15. The van der Waals surface area contributed by atoms with E-state index in [9.17, 15) is 4.79 Å². The molecule has 2 aliphatic rings. The lowest BCUT2D eigenvalue weighted by Gasteiger charge is -2.24. The molecule has 30 heavy (non-hydrogen) atoms. The van der Waals surface area contributed by atoms with Crippen LogP contribution in [0.1, 0.15) is 45.3 Å². The molecule has 0 aliphatic carbocycles. The molecule has 1 aromatic carbocycles. The molecule has 5 rings (SSSR count). The zero-order valence-electron chi connectivity index (χ0n) is 17.0. The predicted molar refractivity (Wildman–Crippen MR) is 109 cm³/mol. The van der Waals surface area contributed by atoms with Crippen LogP contribution in [0.5, 0.6) is 0 Å². The van der Waals surface area contributed by atoms with Crippen LogP contribution in [0.2, 0.25) is 0 Å². The average molecular weight is 407 g/mol. The molecule has 1 N–H and O–H groups in total. The lowest BCUT2D eigenvalue weighted by atomic mass is 10.1. The second kappa shape index (κ2) is 8.04. The van der Waals surface area contributed by atoms with Crippen molar-refractivity contribution in [2.24, 2.45) is 0 Å². The predicted octanol–water partition coefficient (Wildman–Crippen LogP) is 1.95. The van der Waals surface area contributed by atoms with Gasteiger partial charge >= 0.3 is 0 Å². The van der Waals surface area contributed by atoms with Gasteiger partial charge in [0.15, 0.2) is 6.10 Å². The normalized spacial score (nSPS) is 17.2. The molecule has 2 aliphatic heterocycles. The Kier molecular flexibility index (Phi) is 5.10. The lowest BCUT2D eigenvalue weighted by Crippen LogP contribution is -2.36. The minimum absolute atomic E-state index is 0.0508. The largest absolute Gasteiger partial charge is 0.442 e. The van der Waals surface area contributed by atoms with Crippen molar-refractivity contribution in [2.75, 3.05) is 26.7 Å². The average Bonchev–Trinajstić information content (AvgIpc) is 3.32. The monoisotopic (exact) mass is 407 g/mol. The molecule has 8 heteroatoms. The molecule has 2 aromatic heterocycles. The highest BCUT2D eigenvalue weighted by Gasteiger charge is 2.30. The number of benzene rings is 1. The lowest BCUT2D eigenvalue weighted by molar-refractivity contribution is 0.0721. The van der Waals surface area contributed by atoms with Gasteiger partial charge in [-0.1, -0.05) is 30.3 Å². The summed E-state index contributed by atoms with van der Waals surface area (Å²) in [6, 6.07) is 9.88. The maximum absolute atomic E-state index is 13.1. The molecule has 4 heterocycles. The van der Waals surface area contributed by atoms with Crippen LogP contribution in [-0.2, 0) is 30.7 Å². The summed E-state index contributed by atoms with van der Waals surface area (Å²) in [7, 11) is 1.65. The van der Waals surface area contributed by atoms with Crippen LogP contribution >= 0.6 is 0 Å². The molecular formula is C22H25N5O3. The smallest absolute Gasteiger partial charge is 0.274 e. The molecule has 1 unspecified atom stereocenters. The van der Waals surface area contributed by atoms with Crippen molar-refractivity contribution in [2.45, 2.75) is 32.0 Å². The highest BCUT2D eigenvalue weighted by atomic mass is 16.5. The van der Waals surface area contributed by atoms with E-state index in [1.807, 2.05) is 36.5 Å². The first-order chi connectivity index (χ1) is 14.7. The third-order valence-electron chi connectivity index (χ3n) is 5.73. The number of amides is 1. The molecular weight excluding hydrogens is 382 g/mol. The number of rotatable bonds is 4. The van der Waals surface area contributed by atoms with E-state index >= 15 is 0 Å². The van der Waals surface area contributed by atoms with Crippen molar-refractivity contribution in [3.05, 3.63) is 71.0 Å². The van der Waals surface area contributed by atoms with Crippen LogP contribution in [0.3, 0.4) is 0 Å². The minimum atomic E-state index is -0.363. The number of fused-ring (bicyclic) bond motifs is 2. The number of carbonyl (C=O) groups is 1. The van der Waals surface area contributed by atoms with Gasteiger partial charge in [-0.2, -0.15) is 0 Å². The van der Waals surface area contributed by atoms with E-state index in [0.717, 1.165) is 48.9 Å². The van der Waals surface area contributed by atoms with Gasteiger partial charge in [-0.25, -0.2) is 9.97 Å². The van der Waals surface area contributed by atoms with Gasteiger partial charge in [-0.15, -0.1) is 0 Å². The van der Waals surface area contributed by atoms with Gasteiger partial charge in [0.2, 0.25) is 5.89 Å². The third-order valence-corrected chi connectivity index (χ3v) is 5.73. The van der Waals surface area contributed by atoms with Crippen LogP contribution in [0.25, 0.3) is 0 Å². The molecule has 156 valence electrons. The Balaban J connectivity index is 1.35. The minimum Gasteiger partial charge on any atom is -0.442 e. The molecule has 0 saturated heterocycles. The Labute approximate surface area is 174 Å². The molecule has 0 spiro atoms. The number of hydrogen-bond acceptors (Lipinski definition) is 6. The van der Waals surface area contributed by atoms with Crippen LogP contribution in [0.15, 0.2) is 40.9 Å². The van der Waals surface area contributed by atoms with Crippen molar-refractivity contribution in [1.29, 1.82) is 0 Å². The topological polar surface area (TPSA) is 85.4 Å². The first kappa shape index (κ1) is 19.0. The zero-order chi connectivity index (χ0) is 20.5. The number of carbonyl (C=O) groups excluding carboxylic acids is 1. The Morgan fingerprint density at radius 2 is 2.03 bits per heavy atom. The van der Waals surface area contributed by atoms with E-state index in [2.05, 4.69) is 19.9 Å². The first-order valence-electron chi connectivity index (χ1n) is 10.3. The molecule has 0 fully saturated rings. The van der Waals surface area contributed by atoms with E-state index in [-0.39, 0.29) is 12.0 Å². The summed E-state index contributed by atoms with van der Waals surface area (Å²) in [5, 5.41) is 3.35. The van der Waals surface area contributed by atoms with E-state index in [1.165, 1.54) is 0 Å². The Morgan fingerprint density at radius 3 is 2.87 bits per heavy atom. The summed E-state index contributed by atoms with van der Waals surface area (Å²) in [5.74, 6) is 2.28. The number of imidazole rings is 1.